The second-order valence-electron chi connectivity index (χ2n) is 5.22. The number of anilines is 1. The van der Waals surface area contributed by atoms with Gasteiger partial charge in [-0.25, -0.2) is 0 Å². The van der Waals surface area contributed by atoms with E-state index in [1.807, 2.05) is 7.05 Å². The average Bonchev–Trinajstić information content (AvgIpc) is 2.94. The van der Waals surface area contributed by atoms with Crippen molar-refractivity contribution in [2.75, 3.05) is 32.4 Å². The van der Waals surface area contributed by atoms with Crippen molar-refractivity contribution in [3.63, 3.8) is 0 Å². The van der Waals surface area contributed by atoms with Gasteiger partial charge in [-0.1, -0.05) is 6.92 Å². The summed E-state index contributed by atoms with van der Waals surface area (Å²) in [6.45, 7) is 5.08. The number of rotatable bonds is 4. The number of likely N-dealkylation sites (N-methyl/N-ethyl adjacent to an activating group) is 2. The molecule has 0 aliphatic carbocycles. The number of likely N-dealkylation sites (tertiary alicyclic amines) is 1. The summed E-state index contributed by atoms with van der Waals surface area (Å²) in [6, 6.07) is 0.462. The molecule has 1 aliphatic rings. The first-order valence-electron chi connectivity index (χ1n) is 6.81. The van der Waals surface area contributed by atoms with Crippen LogP contribution in [0, 0.1) is 0 Å². The van der Waals surface area contributed by atoms with Crippen LogP contribution in [0.3, 0.4) is 0 Å². The van der Waals surface area contributed by atoms with Gasteiger partial charge in [-0.3, -0.25) is 14.4 Å². The van der Waals surface area contributed by atoms with Gasteiger partial charge in [0.05, 0.1) is 5.69 Å². The minimum Gasteiger partial charge on any atom is -0.396 e. The minimum atomic E-state index is -0.0962. The standard InChI is InChI=1S/C13H23N5O/c1-4-18-7-5-6-10(18)8-16(2)13(19)12-11(14)9-17(3)15-12/h9-10H,4-8,14H2,1-3H3. The number of aromatic nitrogens is 2. The molecule has 1 aromatic heterocycles. The van der Waals surface area contributed by atoms with Crippen LogP contribution in [0.2, 0.25) is 0 Å². The van der Waals surface area contributed by atoms with Gasteiger partial charge in [-0.15, -0.1) is 0 Å². The van der Waals surface area contributed by atoms with Gasteiger partial charge in [0.15, 0.2) is 5.69 Å². The SMILES string of the molecule is CCN1CCCC1CN(C)C(=O)c1nn(C)cc1N. The number of nitrogen functional groups attached to an aromatic ring is 1. The summed E-state index contributed by atoms with van der Waals surface area (Å²) in [4.78, 5) is 16.5. The molecular weight excluding hydrogens is 242 g/mol. The average molecular weight is 265 g/mol. The Hall–Kier alpha value is -1.56. The molecule has 6 heteroatoms. The van der Waals surface area contributed by atoms with Crippen molar-refractivity contribution in [2.45, 2.75) is 25.8 Å². The van der Waals surface area contributed by atoms with Gasteiger partial charge in [0.2, 0.25) is 0 Å². The number of carbonyl (C=O) groups is 1. The molecule has 1 saturated heterocycles. The molecule has 0 saturated carbocycles. The number of aryl methyl sites for hydroxylation is 1. The Morgan fingerprint density at radius 1 is 1.63 bits per heavy atom. The molecule has 1 amide bonds. The molecule has 0 aromatic carbocycles. The number of nitrogens with two attached hydrogens (primary N) is 1. The van der Waals surface area contributed by atoms with Crippen molar-refractivity contribution in [3.05, 3.63) is 11.9 Å². The second kappa shape index (κ2) is 5.61. The highest BCUT2D eigenvalue weighted by molar-refractivity contribution is 5.96. The number of hydrogen-bond donors (Lipinski definition) is 1. The molecule has 6 nitrogen and oxygen atoms in total. The predicted molar refractivity (Wildman–Crippen MR) is 74.8 cm³/mol. The smallest absolute Gasteiger partial charge is 0.276 e. The molecule has 19 heavy (non-hydrogen) atoms. The molecule has 1 aromatic rings. The maximum atomic E-state index is 12.3. The van der Waals surface area contributed by atoms with Crippen molar-refractivity contribution in [3.8, 4) is 0 Å². The molecule has 1 aliphatic heterocycles. The Kier molecular flexibility index (Phi) is 4.09. The van der Waals surface area contributed by atoms with E-state index in [2.05, 4.69) is 16.9 Å². The predicted octanol–water partition coefficient (Wildman–Crippen LogP) is 0.559. The zero-order valence-electron chi connectivity index (χ0n) is 12.0. The van der Waals surface area contributed by atoms with Crippen LogP contribution in [0.5, 0.6) is 0 Å². The van der Waals surface area contributed by atoms with Crippen molar-refractivity contribution in [1.29, 1.82) is 0 Å². The summed E-state index contributed by atoms with van der Waals surface area (Å²) in [5, 5.41) is 4.13. The van der Waals surface area contributed by atoms with Crippen LogP contribution in [0.1, 0.15) is 30.3 Å². The topological polar surface area (TPSA) is 67.4 Å². The maximum absolute atomic E-state index is 12.3. The van der Waals surface area contributed by atoms with E-state index in [1.165, 1.54) is 6.42 Å². The first-order chi connectivity index (χ1) is 9.02. The monoisotopic (exact) mass is 265 g/mol. The molecule has 0 bridgehead atoms. The highest BCUT2D eigenvalue weighted by atomic mass is 16.2. The zero-order chi connectivity index (χ0) is 14.0. The lowest BCUT2D eigenvalue weighted by molar-refractivity contribution is 0.0749. The Morgan fingerprint density at radius 3 is 2.95 bits per heavy atom. The van der Waals surface area contributed by atoms with Crippen LogP contribution >= 0.6 is 0 Å². The normalized spacial score (nSPS) is 19.8. The van der Waals surface area contributed by atoms with Crippen LogP contribution in [0.4, 0.5) is 5.69 Å². The summed E-state index contributed by atoms with van der Waals surface area (Å²) < 4.78 is 1.57. The number of hydrogen-bond acceptors (Lipinski definition) is 4. The van der Waals surface area contributed by atoms with Gasteiger partial charge in [0.25, 0.3) is 5.91 Å². The molecule has 1 atom stereocenters. The van der Waals surface area contributed by atoms with Crippen LogP contribution in [0.15, 0.2) is 6.20 Å². The Labute approximate surface area is 114 Å². The lowest BCUT2D eigenvalue weighted by Crippen LogP contribution is -2.41. The number of amides is 1. The molecule has 1 fully saturated rings. The third kappa shape index (κ3) is 2.89. The van der Waals surface area contributed by atoms with Crippen molar-refractivity contribution >= 4 is 11.6 Å². The molecule has 2 N–H and O–H groups in total. The molecule has 0 radical (unpaired) electrons. The lowest BCUT2D eigenvalue weighted by Gasteiger charge is -2.27. The van der Waals surface area contributed by atoms with Crippen LogP contribution in [-0.4, -0.2) is 58.2 Å². The first-order valence-corrected chi connectivity index (χ1v) is 6.81. The number of nitrogens with zero attached hydrogens (tertiary/aromatic N) is 4. The Bertz CT molecular complexity index is 456. The van der Waals surface area contributed by atoms with Gasteiger partial charge in [-0.2, -0.15) is 5.10 Å². The van der Waals surface area contributed by atoms with Crippen LogP contribution in [-0.2, 0) is 7.05 Å². The van der Waals surface area contributed by atoms with Gasteiger partial charge < -0.3 is 10.6 Å². The highest BCUT2D eigenvalue weighted by Crippen LogP contribution is 2.18. The van der Waals surface area contributed by atoms with Crippen molar-refractivity contribution < 1.29 is 4.79 Å². The van der Waals surface area contributed by atoms with E-state index >= 15 is 0 Å². The number of carbonyl (C=O) groups excluding carboxylic acids is 1. The van der Waals surface area contributed by atoms with E-state index in [-0.39, 0.29) is 5.91 Å². The summed E-state index contributed by atoms with van der Waals surface area (Å²) in [5.74, 6) is -0.0962. The van der Waals surface area contributed by atoms with Gasteiger partial charge in [-0.05, 0) is 25.9 Å². The molecule has 2 heterocycles. The fraction of sp³-hybridized carbons (Fsp3) is 0.692. The second-order valence-corrected chi connectivity index (χ2v) is 5.22. The molecule has 0 spiro atoms. The quantitative estimate of drug-likeness (QED) is 0.863. The van der Waals surface area contributed by atoms with Crippen molar-refractivity contribution in [2.24, 2.45) is 7.05 Å². The van der Waals surface area contributed by atoms with Crippen LogP contribution < -0.4 is 5.73 Å². The molecule has 106 valence electrons. The summed E-state index contributed by atoms with van der Waals surface area (Å²) in [7, 11) is 3.59. The van der Waals surface area contributed by atoms with Crippen molar-refractivity contribution in [1.82, 2.24) is 19.6 Å². The largest absolute Gasteiger partial charge is 0.396 e. The lowest BCUT2D eigenvalue weighted by atomic mass is 10.2. The first kappa shape index (κ1) is 13.9. The third-order valence-corrected chi connectivity index (χ3v) is 3.80. The van der Waals surface area contributed by atoms with E-state index < -0.39 is 0 Å². The Balaban J connectivity index is 2.01. The molecular formula is C13H23N5O. The fourth-order valence-electron chi connectivity index (χ4n) is 2.77. The maximum Gasteiger partial charge on any atom is 0.276 e. The van der Waals surface area contributed by atoms with E-state index in [1.54, 1.807) is 22.8 Å². The van der Waals surface area contributed by atoms with E-state index in [0.29, 0.717) is 17.4 Å². The molecule has 1 unspecified atom stereocenters. The zero-order valence-corrected chi connectivity index (χ0v) is 12.0. The summed E-state index contributed by atoms with van der Waals surface area (Å²) in [6.07, 6.45) is 4.03. The van der Waals surface area contributed by atoms with Gasteiger partial charge in [0.1, 0.15) is 0 Å². The van der Waals surface area contributed by atoms with Crippen LogP contribution in [0.25, 0.3) is 0 Å². The fourth-order valence-corrected chi connectivity index (χ4v) is 2.77. The van der Waals surface area contributed by atoms with E-state index in [4.69, 9.17) is 5.73 Å². The molecule has 2 rings (SSSR count). The van der Waals surface area contributed by atoms with E-state index in [0.717, 1.165) is 26.1 Å². The summed E-state index contributed by atoms with van der Waals surface area (Å²) in [5.41, 5.74) is 6.60. The highest BCUT2D eigenvalue weighted by Gasteiger charge is 2.27. The van der Waals surface area contributed by atoms with E-state index in [9.17, 15) is 4.79 Å². The third-order valence-electron chi connectivity index (χ3n) is 3.80. The minimum absolute atomic E-state index is 0.0962. The summed E-state index contributed by atoms with van der Waals surface area (Å²) >= 11 is 0. The van der Waals surface area contributed by atoms with Gasteiger partial charge in [0, 0.05) is 32.9 Å². The Morgan fingerprint density at radius 2 is 2.37 bits per heavy atom. The van der Waals surface area contributed by atoms with Gasteiger partial charge >= 0.3 is 0 Å².